The van der Waals surface area contributed by atoms with E-state index in [0.717, 1.165) is 17.7 Å². The van der Waals surface area contributed by atoms with Crippen molar-refractivity contribution in [2.75, 3.05) is 11.9 Å². The number of carbonyl (C=O) groups is 1. The summed E-state index contributed by atoms with van der Waals surface area (Å²) in [5, 5.41) is 2.84. The van der Waals surface area contributed by atoms with Gasteiger partial charge >= 0.3 is 6.18 Å². The van der Waals surface area contributed by atoms with Crippen molar-refractivity contribution in [2.24, 2.45) is 5.73 Å². The van der Waals surface area contributed by atoms with Gasteiger partial charge in [-0.1, -0.05) is 42.5 Å². The predicted octanol–water partition coefficient (Wildman–Crippen LogP) is 5.55. The van der Waals surface area contributed by atoms with Crippen LogP contribution >= 0.6 is 12.4 Å². The summed E-state index contributed by atoms with van der Waals surface area (Å²) in [6.45, 7) is 0.508. The number of halogens is 4. The molecule has 0 spiro atoms. The average molecular weight is 421 g/mol. The highest BCUT2D eigenvalue weighted by atomic mass is 35.5. The fraction of sp³-hybridized carbons (Fsp3) is 0.136. The number of nitrogens with two attached hydrogens (primary N) is 1. The highest BCUT2D eigenvalue weighted by molar-refractivity contribution is 6.08. The number of anilines is 1. The Bertz CT molecular complexity index is 972. The van der Waals surface area contributed by atoms with E-state index in [0.29, 0.717) is 35.3 Å². The Morgan fingerprint density at radius 3 is 2.28 bits per heavy atom. The number of hydrogen-bond acceptors (Lipinski definition) is 2. The Morgan fingerprint density at radius 2 is 1.62 bits per heavy atom. The van der Waals surface area contributed by atoms with Gasteiger partial charge in [0.25, 0.3) is 5.91 Å². The fourth-order valence-electron chi connectivity index (χ4n) is 2.94. The van der Waals surface area contributed by atoms with Crippen LogP contribution in [0.5, 0.6) is 0 Å². The van der Waals surface area contributed by atoms with Crippen molar-refractivity contribution < 1.29 is 18.0 Å². The summed E-state index contributed by atoms with van der Waals surface area (Å²) < 4.78 is 38.4. The van der Waals surface area contributed by atoms with Gasteiger partial charge in [-0.15, -0.1) is 12.4 Å². The van der Waals surface area contributed by atoms with Crippen LogP contribution in [0.2, 0.25) is 0 Å². The van der Waals surface area contributed by atoms with Crippen LogP contribution in [0.15, 0.2) is 72.8 Å². The zero-order valence-electron chi connectivity index (χ0n) is 15.4. The second kappa shape index (κ2) is 9.58. The van der Waals surface area contributed by atoms with Crippen LogP contribution in [0, 0.1) is 0 Å². The molecule has 0 aliphatic rings. The summed E-state index contributed by atoms with van der Waals surface area (Å²) in [6, 6.07) is 19.0. The predicted molar refractivity (Wildman–Crippen MR) is 111 cm³/mol. The van der Waals surface area contributed by atoms with Crippen molar-refractivity contribution in [3.8, 4) is 11.1 Å². The van der Waals surface area contributed by atoms with Crippen molar-refractivity contribution in [2.45, 2.75) is 12.6 Å². The lowest BCUT2D eigenvalue weighted by Crippen LogP contribution is -2.13. The number of rotatable bonds is 5. The van der Waals surface area contributed by atoms with Crippen molar-refractivity contribution in [1.82, 2.24) is 0 Å². The summed E-state index contributed by atoms with van der Waals surface area (Å²) in [7, 11) is 0. The summed E-state index contributed by atoms with van der Waals surface area (Å²) in [5.74, 6) is -0.333. The highest BCUT2D eigenvalue weighted by Crippen LogP contribution is 2.32. The maximum absolute atomic E-state index is 12.8. The number of amides is 1. The van der Waals surface area contributed by atoms with Gasteiger partial charge in [0, 0.05) is 11.3 Å². The smallest absolute Gasteiger partial charge is 0.330 e. The third kappa shape index (κ3) is 5.59. The standard InChI is InChI=1S/C22H19F3N2O.ClH/c23-22(24,25)17-10-8-16(9-11-17)19-6-1-2-7-20(19)21(28)27-18-5-3-4-15(14-18)12-13-26;/h1-11,14H,12-13,26H2,(H,27,28);1H. The third-order valence-corrected chi connectivity index (χ3v) is 4.31. The van der Waals surface area contributed by atoms with Crippen LogP contribution in [0.25, 0.3) is 11.1 Å². The molecular formula is C22H20ClF3N2O. The Balaban J connectivity index is 0.00000300. The van der Waals surface area contributed by atoms with E-state index in [1.54, 1.807) is 30.3 Å². The van der Waals surface area contributed by atoms with E-state index in [9.17, 15) is 18.0 Å². The molecule has 0 unspecified atom stereocenters. The molecule has 29 heavy (non-hydrogen) atoms. The molecule has 0 bridgehead atoms. The molecule has 3 aromatic carbocycles. The molecule has 3 aromatic rings. The Morgan fingerprint density at radius 1 is 0.931 bits per heavy atom. The molecule has 3 nitrogen and oxygen atoms in total. The zero-order valence-corrected chi connectivity index (χ0v) is 16.2. The molecule has 0 radical (unpaired) electrons. The molecule has 152 valence electrons. The van der Waals surface area contributed by atoms with E-state index >= 15 is 0 Å². The highest BCUT2D eigenvalue weighted by Gasteiger charge is 2.30. The van der Waals surface area contributed by atoms with E-state index in [4.69, 9.17) is 5.73 Å². The summed E-state index contributed by atoms with van der Waals surface area (Å²) >= 11 is 0. The Kier molecular flexibility index (Phi) is 7.42. The van der Waals surface area contributed by atoms with Crippen LogP contribution in [0.3, 0.4) is 0 Å². The molecule has 0 heterocycles. The normalized spacial score (nSPS) is 10.9. The fourth-order valence-corrected chi connectivity index (χ4v) is 2.94. The maximum atomic E-state index is 12.8. The summed E-state index contributed by atoms with van der Waals surface area (Å²) in [5.41, 5.74) is 7.97. The molecular weight excluding hydrogens is 401 g/mol. The Labute approximate surface area is 173 Å². The zero-order chi connectivity index (χ0) is 20.1. The monoisotopic (exact) mass is 420 g/mol. The van der Waals surface area contributed by atoms with Gasteiger partial charge in [0.15, 0.2) is 0 Å². The molecule has 0 aliphatic carbocycles. The van der Waals surface area contributed by atoms with Gasteiger partial charge in [-0.2, -0.15) is 13.2 Å². The second-order valence-electron chi connectivity index (χ2n) is 6.31. The molecule has 0 fully saturated rings. The first-order chi connectivity index (χ1) is 13.4. The lowest BCUT2D eigenvalue weighted by Gasteiger charge is -2.12. The number of benzene rings is 3. The van der Waals surface area contributed by atoms with Crippen LogP contribution < -0.4 is 11.1 Å². The number of nitrogens with one attached hydrogen (secondary N) is 1. The number of carbonyl (C=O) groups excluding carboxylic acids is 1. The van der Waals surface area contributed by atoms with Gasteiger partial charge in [0.2, 0.25) is 0 Å². The molecule has 0 atom stereocenters. The van der Waals surface area contributed by atoms with Gasteiger partial charge in [-0.05, 0) is 60.0 Å². The first-order valence-corrected chi connectivity index (χ1v) is 8.75. The van der Waals surface area contributed by atoms with E-state index in [1.165, 1.54) is 12.1 Å². The maximum Gasteiger partial charge on any atom is 0.416 e. The van der Waals surface area contributed by atoms with E-state index in [-0.39, 0.29) is 18.3 Å². The first-order valence-electron chi connectivity index (χ1n) is 8.75. The van der Waals surface area contributed by atoms with Crippen LogP contribution in [0.4, 0.5) is 18.9 Å². The van der Waals surface area contributed by atoms with E-state index < -0.39 is 11.7 Å². The number of hydrogen-bond donors (Lipinski definition) is 2. The molecule has 0 saturated heterocycles. The van der Waals surface area contributed by atoms with Crippen LogP contribution in [-0.2, 0) is 12.6 Å². The lowest BCUT2D eigenvalue weighted by atomic mass is 9.98. The molecule has 0 aliphatic heterocycles. The molecule has 1 amide bonds. The third-order valence-electron chi connectivity index (χ3n) is 4.31. The molecule has 3 rings (SSSR count). The van der Waals surface area contributed by atoms with Gasteiger partial charge in [-0.3, -0.25) is 4.79 Å². The lowest BCUT2D eigenvalue weighted by molar-refractivity contribution is -0.137. The minimum absolute atomic E-state index is 0. The van der Waals surface area contributed by atoms with Crippen molar-refractivity contribution >= 4 is 24.0 Å². The molecule has 3 N–H and O–H groups in total. The largest absolute Gasteiger partial charge is 0.416 e. The molecule has 0 aromatic heterocycles. The van der Waals surface area contributed by atoms with Gasteiger partial charge in [0.1, 0.15) is 0 Å². The summed E-state index contributed by atoms with van der Waals surface area (Å²) in [4.78, 5) is 12.8. The van der Waals surface area contributed by atoms with Crippen LogP contribution in [-0.4, -0.2) is 12.5 Å². The van der Waals surface area contributed by atoms with E-state index in [2.05, 4.69) is 5.32 Å². The number of alkyl halides is 3. The van der Waals surface area contributed by atoms with Crippen molar-refractivity contribution in [3.63, 3.8) is 0 Å². The molecule has 0 saturated carbocycles. The second-order valence-corrected chi connectivity index (χ2v) is 6.31. The Hall–Kier alpha value is -2.83. The minimum atomic E-state index is -4.40. The minimum Gasteiger partial charge on any atom is -0.330 e. The van der Waals surface area contributed by atoms with Gasteiger partial charge < -0.3 is 11.1 Å². The van der Waals surface area contributed by atoms with Crippen molar-refractivity contribution in [1.29, 1.82) is 0 Å². The van der Waals surface area contributed by atoms with Crippen LogP contribution in [0.1, 0.15) is 21.5 Å². The average Bonchev–Trinajstić information content (AvgIpc) is 2.68. The van der Waals surface area contributed by atoms with E-state index in [1.807, 2.05) is 18.2 Å². The topological polar surface area (TPSA) is 55.1 Å². The SMILES string of the molecule is Cl.NCCc1cccc(NC(=O)c2ccccc2-c2ccc(C(F)(F)F)cc2)c1. The summed E-state index contributed by atoms with van der Waals surface area (Å²) in [6.07, 6.45) is -3.70. The van der Waals surface area contributed by atoms with Gasteiger partial charge in [0.05, 0.1) is 5.56 Å². The quantitative estimate of drug-likeness (QED) is 0.568. The first kappa shape index (κ1) is 22.5. The van der Waals surface area contributed by atoms with Crippen molar-refractivity contribution in [3.05, 3.63) is 89.5 Å². The van der Waals surface area contributed by atoms with Gasteiger partial charge in [-0.25, -0.2) is 0 Å². The molecule has 7 heteroatoms.